The Labute approximate surface area is 458 Å². The Morgan fingerprint density at radius 1 is 0.468 bits per heavy atom. The number of benzene rings is 9. The molecule has 14 rings (SSSR count). The second-order valence-corrected chi connectivity index (χ2v) is 25.7. The summed E-state index contributed by atoms with van der Waals surface area (Å²) in [7, 11) is 0. The second kappa shape index (κ2) is 17.2. The Morgan fingerprint density at radius 3 is 1.77 bits per heavy atom. The lowest BCUT2D eigenvalue weighted by Crippen LogP contribution is -2.61. The van der Waals surface area contributed by atoms with E-state index in [1.807, 2.05) is 0 Å². The molecule has 0 spiro atoms. The monoisotopic (exact) mass is 1000 g/mol. The van der Waals surface area contributed by atoms with Crippen LogP contribution in [0.15, 0.2) is 188 Å². The number of anilines is 8. The standard InChI is InChI=1S/C73H70BN3/c1-47-36-48(2)69-60(37-47)72(8)34-19-20-35-73(72,9)77(69)58-43-66-68-67(44-58)76(63-33-31-56(70(3,4)5)42-59(63)51-26-17-12-18-27-51)65-41-55-46-71(6,7)45-54(55)39-62(65)74(68)61-32-30-53(50-24-15-11-16-25-50)40-64(61)75(66)57-29-21-28-52(38-57)49-22-13-10-14-23-49/h10-18,21-33,36-44H,19-20,34-35,45-46H2,1-9H3. The van der Waals surface area contributed by atoms with Gasteiger partial charge in [0.2, 0.25) is 0 Å². The van der Waals surface area contributed by atoms with Crippen LogP contribution in [0.1, 0.15) is 108 Å². The molecule has 1 fully saturated rings. The SMILES string of the molecule is Cc1cc(C)c2c(c1)C1(C)CCCCC1(C)N2c1cc2c3c(c1)N(c1ccc(C(C)(C)C)cc1-c1ccccc1)c1cc4c(cc1B3c1ccc(-c3ccccc3)cc1N2c1cccc(-c2ccccc2)c1)CC(C)(C)C4. The highest BCUT2D eigenvalue weighted by Crippen LogP contribution is 2.63. The minimum absolute atomic E-state index is 0.0255. The van der Waals surface area contributed by atoms with Gasteiger partial charge >= 0.3 is 0 Å². The van der Waals surface area contributed by atoms with Gasteiger partial charge < -0.3 is 14.7 Å². The van der Waals surface area contributed by atoms with Crippen molar-refractivity contribution in [2.75, 3.05) is 14.7 Å². The number of rotatable bonds is 6. The quantitative estimate of drug-likeness (QED) is 0.154. The van der Waals surface area contributed by atoms with Gasteiger partial charge in [0.05, 0.1) is 11.2 Å². The van der Waals surface area contributed by atoms with E-state index >= 15 is 0 Å². The molecule has 9 aromatic rings. The fourth-order valence-electron chi connectivity index (χ4n) is 15.1. The highest BCUT2D eigenvalue weighted by molar-refractivity contribution is 7.00. The van der Waals surface area contributed by atoms with Crippen LogP contribution in [-0.4, -0.2) is 12.3 Å². The van der Waals surface area contributed by atoms with E-state index in [1.165, 1.54) is 142 Å². The number of hydrogen-bond donors (Lipinski definition) is 0. The predicted octanol–water partition coefficient (Wildman–Crippen LogP) is 17.6. The molecule has 0 aromatic heterocycles. The highest BCUT2D eigenvalue weighted by atomic mass is 15.3. The van der Waals surface area contributed by atoms with Crippen molar-refractivity contribution in [3.63, 3.8) is 0 Å². The third kappa shape index (κ3) is 7.37. The molecule has 77 heavy (non-hydrogen) atoms. The van der Waals surface area contributed by atoms with Crippen LogP contribution in [0.3, 0.4) is 0 Å². The molecular weight excluding hydrogens is 930 g/mol. The van der Waals surface area contributed by atoms with Gasteiger partial charge in [-0.25, -0.2) is 0 Å². The molecule has 3 nitrogen and oxygen atoms in total. The van der Waals surface area contributed by atoms with E-state index in [0.717, 1.165) is 24.9 Å². The molecule has 3 heterocycles. The van der Waals surface area contributed by atoms with E-state index in [4.69, 9.17) is 0 Å². The molecule has 9 aromatic carbocycles. The number of aryl methyl sites for hydroxylation is 2. The largest absolute Gasteiger partial charge is 0.334 e. The summed E-state index contributed by atoms with van der Waals surface area (Å²) in [6.07, 6.45) is 6.88. The summed E-state index contributed by atoms with van der Waals surface area (Å²) in [5.74, 6) is 0. The molecule has 0 saturated heterocycles. The van der Waals surface area contributed by atoms with Gasteiger partial charge in [-0.05, 0) is 178 Å². The Balaban J connectivity index is 1.14. The van der Waals surface area contributed by atoms with Crippen molar-refractivity contribution in [2.45, 2.75) is 117 Å². The molecule has 2 aliphatic carbocycles. The van der Waals surface area contributed by atoms with E-state index in [-0.39, 0.29) is 28.5 Å². The van der Waals surface area contributed by atoms with Crippen LogP contribution in [-0.2, 0) is 23.7 Å². The van der Waals surface area contributed by atoms with Crippen LogP contribution in [0.5, 0.6) is 0 Å². The lowest BCUT2D eigenvalue weighted by Gasteiger charge is -2.51. The second-order valence-electron chi connectivity index (χ2n) is 25.7. The lowest BCUT2D eigenvalue weighted by molar-refractivity contribution is 0.195. The maximum Gasteiger partial charge on any atom is 0.252 e. The molecule has 2 atom stereocenters. The smallest absolute Gasteiger partial charge is 0.252 e. The third-order valence-electron chi connectivity index (χ3n) is 19.0. The van der Waals surface area contributed by atoms with Crippen LogP contribution in [0.4, 0.5) is 45.5 Å². The number of hydrogen-bond acceptors (Lipinski definition) is 3. The number of fused-ring (bicyclic) bond motifs is 8. The third-order valence-corrected chi connectivity index (χ3v) is 19.0. The zero-order valence-corrected chi connectivity index (χ0v) is 46.6. The first kappa shape index (κ1) is 47.9. The van der Waals surface area contributed by atoms with E-state index in [1.54, 1.807) is 0 Å². The van der Waals surface area contributed by atoms with Crippen molar-refractivity contribution in [2.24, 2.45) is 5.41 Å². The summed E-state index contributed by atoms with van der Waals surface area (Å²) in [4.78, 5) is 8.25. The molecular formula is C73H70BN3. The Bertz CT molecular complexity index is 3850. The van der Waals surface area contributed by atoms with Gasteiger partial charge in [0, 0.05) is 50.8 Å². The van der Waals surface area contributed by atoms with Crippen molar-refractivity contribution >= 4 is 68.6 Å². The molecule has 2 unspecified atom stereocenters. The first-order valence-corrected chi connectivity index (χ1v) is 28.5. The van der Waals surface area contributed by atoms with Gasteiger partial charge in [-0.2, -0.15) is 0 Å². The lowest BCUT2D eigenvalue weighted by atomic mass is 9.33. The summed E-state index contributed by atoms with van der Waals surface area (Å²) < 4.78 is 0. The summed E-state index contributed by atoms with van der Waals surface area (Å²) >= 11 is 0. The van der Waals surface area contributed by atoms with E-state index < -0.39 is 0 Å². The van der Waals surface area contributed by atoms with Gasteiger partial charge in [-0.3, -0.25) is 0 Å². The van der Waals surface area contributed by atoms with Gasteiger partial charge in [0.25, 0.3) is 6.71 Å². The summed E-state index contributed by atoms with van der Waals surface area (Å²) in [6, 6.07) is 72.8. The molecule has 3 aliphatic heterocycles. The van der Waals surface area contributed by atoms with Gasteiger partial charge in [-0.1, -0.05) is 199 Å². The zero-order valence-electron chi connectivity index (χ0n) is 46.6. The summed E-state index contributed by atoms with van der Waals surface area (Å²) in [5, 5.41) is 0. The van der Waals surface area contributed by atoms with Crippen LogP contribution in [0, 0.1) is 19.3 Å². The maximum absolute atomic E-state index is 2.86. The fraction of sp³-hybridized carbons (Fsp3) is 0.260. The molecule has 5 aliphatic rings. The molecule has 380 valence electrons. The first-order valence-electron chi connectivity index (χ1n) is 28.5. The van der Waals surface area contributed by atoms with Crippen LogP contribution in [0.25, 0.3) is 33.4 Å². The molecule has 0 amide bonds. The van der Waals surface area contributed by atoms with Crippen LogP contribution in [0.2, 0.25) is 0 Å². The van der Waals surface area contributed by atoms with Crippen molar-refractivity contribution in [1.82, 2.24) is 0 Å². The first-order chi connectivity index (χ1) is 37.1. The van der Waals surface area contributed by atoms with Gasteiger partial charge in [0.1, 0.15) is 0 Å². The zero-order chi connectivity index (χ0) is 52.8. The summed E-state index contributed by atoms with van der Waals surface area (Å²) in [6.45, 7) is 21.8. The highest BCUT2D eigenvalue weighted by Gasteiger charge is 2.59. The van der Waals surface area contributed by atoms with E-state index in [0.29, 0.717) is 0 Å². The van der Waals surface area contributed by atoms with Crippen molar-refractivity contribution in [3.8, 4) is 33.4 Å². The van der Waals surface area contributed by atoms with E-state index in [9.17, 15) is 0 Å². The van der Waals surface area contributed by atoms with Crippen LogP contribution < -0.4 is 31.1 Å². The van der Waals surface area contributed by atoms with Gasteiger partial charge in [-0.15, -0.1) is 0 Å². The molecule has 0 N–H and O–H groups in total. The molecule has 1 saturated carbocycles. The average Bonchev–Trinajstić information content (AvgIpc) is 4.13. The van der Waals surface area contributed by atoms with Gasteiger partial charge in [0.15, 0.2) is 0 Å². The molecule has 4 heteroatoms. The Kier molecular flexibility index (Phi) is 10.7. The fourth-order valence-corrected chi connectivity index (χ4v) is 15.1. The summed E-state index contributed by atoms with van der Waals surface area (Å²) in [5.41, 5.74) is 29.9. The minimum Gasteiger partial charge on any atom is -0.334 e. The predicted molar refractivity (Wildman–Crippen MR) is 329 cm³/mol. The number of nitrogens with zero attached hydrogens (tertiary/aromatic N) is 3. The van der Waals surface area contributed by atoms with Crippen molar-refractivity contribution in [1.29, 1.82) is 0 Å². The maximum atomic E-state index is 2.86. The minimum atomic E-state index is -0.162. The Morgan fingerprint density at radius 2 is 1.08 bits per heavy atom. The van der Waals surface area contributed by atoms with Crippen molar-refractivity contribution in [3.05, 3.63) is 221 Å². The van der Waals surface area contributed by atoms with Crippen LogP contribution >= 0.6 is 0 Å². The topological polar surface area (TPSA) is 9.72 Å². The Hall–Kier alpha value is -7.56. The molecule has 0 radical (unpaired) electrons. The van der Waals surface area contributed by atoms with Crippen molar-refractivity contribution < 1.29 is 0 Å². The van der Waals surface area contributed by atoms with E-state index in [2.05, 4.69) is 265 Å². The molecule has 0 bridgehead atoms. The normalized spacial score (nSPS) is 19.5. The average molecular weight is 1000 g/mol.